The summed E-state index contributed by atoms with van der Waals surface area (Å²) >= 11 is 0. The topological polar surface area (TPSA) is 52.6 Å². The van der Waals surface area contributed by atoms with E-state index in [1.165, 1.54) is 12.8 Å². The van der Waals surface area contributed by atoms with Crippen LogP contribution in [0.2, 0.25) is 0 Å². The maximum Gasteiger partial charge on any atom is 0.205 e. The minimum Gasteiger partial charge on any atom is -0.365 e. The molecule has 1 aromatic carbocycles. The molecule has 0 spiro atoms. The monoisotopic (exact) mass is 316 g/mol. The Morgan fingerprint density at radius 3 is 2.61 bits per heavy atom. The highest BCUT2D eigenvalue weighted by Gasteiger charge is 2.44. The summed E-state index contributed by atoms with van der Waals surface area (Å²) in [4.78, 5) is 15.1. The minimum absolute atomic E-state index is 0.0301. The van der Waals surface area contributed by atoms with Gasteiger partial charge in [0.25, 0.3) is 0 Å². The summed E-state index contributed by atoms with van der Waals surface area (Å²) < 4.78 is 0. The van der Waals surface area contributed by atoms with Gasteiger partial charge >= 0.3 is 0 Å². The van der Waals surface area contributed by atoms with Crippen molar-refractivity contribution >= 4 is 5.78 Å². The molecule has 4 nitrogen and oxygen atoms in total. The van der Waals surface area contributed by atoms with Crippen molar-refractivity contribution in [3.05, 3.63) is 35.9 Å². The highest BCUT2D eigenvalue weighted by atomic mass is 16.3. The van der Waals surface area contributed by atoms with E-state index in [0.717, 1.165) is 38.9 Å². The first kappa shape index (κ1) is 16.6. The summed E-state index contributed by atoms with van der Waals surface area (Å²) in [5, 5.41) is 14.9. The molecule has 1 aliphatic carbocycles. The number of ketones is 1. The van der Waals surface area contributed by atoms with E-state index in [2.05, 4.69) is 5.32 Å². The highest BCUT2D eigenvalue weighted by molar-refractivity contribution is 5.88. The predicted octanol–water partition coefficient (Wildman–Crippen LogP) is 2.28. The molecule has 1 aromatic rings. The first-order valence-electron chi connectivity index (χ1n) is 8.98. The normalized spacial score (nSPS) is 23.3. The summed E-state index contributed by atoms with van der Waals surface area (Å²) in [7, 11) is 0. The SMILES string of the molecule is O=C(CC1CCCC1)C(O)(c1ccccc1)N1CCCNCC1. The Morgan fingerprint density at radius 2 is 1.87 bits per heavy atom. The van der Waals surface area contributed by atoms with Gasteiger partial charge in [0, 0.05) is 31.6 Å². The third-order valence-corrected chi connectivity index (χ3v) is 5.31. The zero-order valence-corrected chi connectivity index (χ0v) is 13.8. The first-order valence-corrected chi connectivity index (χ1v) is 8.98. The van der Waals surface area contributed by atoms with Gasteiger partial charge in [-0.1, -0.05) is 56.0 Å². The average Bonchev–Trinajstić information content (AvgIpc) is 2.94. The fourth-order valence-corrected chi connectivity index (χ4v) is 3.98. The third kappa shape index (κ3) is 3.65. The molecule has 1 unspecified atom stereocenters. The number of hydrogen-bond acceptors (Lipinski definition) is 4. The lowest BCUT2D eigenvalue weighted by Gasteiger charge is -2.38. The molecule has 1 heterocycles. The van der Waals surface area contributed by atoms with Crippen LogP contribution in [0.25, 0.3) is 0 Å². The average molecular weight is 316 g/mol. The maximum atomic E-state index is 13.1. The van der Waals surface area contributed by atoms with Crippen LogP contribution in [-0.4, -0.2) is 42.0 Å². The number of hydrogen-bond donors (Lipinski definition) is 2. The number of nitrogens with one attached hydrogen (secondary N) is 1. The zero-order chi connectivity index (χ0) is 16.1. The van der Waals surface area contributed by atoms with Crippen LogP contribution in [0, 0.1) is 5.92 Å². The molecule has 1 saturated carbocycles. The molecule has 0 radical (unpaired) electrons. The number of nitrogens with zero attached hydrogens (tertiary/aromatic N) is 1. The molecular formula is C19H28N2O2. The lowest BCUT2D eigenvalue weighted by atomic mass is 9.89. The van der Waals surface area contributed by atoms with E-state index in [-0.39, 0.29) is 5.78 Å². The summed E-state index contributed by atoms with van der Waals surface area (Å²) in [6.07, 6.45) is 6.13. The van der Waals surface area contributed by atoms with Gasteiger partial charge in [0.15, 0.2) is 5.78 Å². The lowest BCUT2D eigenvalue weighted by molar-refractivity contribution is -0.165. The van der Waals surface area contributed by atoms with Gasteiger partial charge in [-0.25, -0.2) is 0 Å². The molecule has 23 heavy (non-hydrogen) atoms. The van der Waals surface area contributed by atoms with Gasteiger partial charge in [-0.05, 0) is 18.9 Å². The Labute approximate surface area is 138 Å². The molecule has 0 amide bonds. The Kier molecular flexibility index (Phi) is 5.46. The van der Waals surface area contributed by atoms with E-state index in [0.29, 0.717) is 24.4 Å². The molecular weight excluding hydrogens is 288 g/mol. The van der Waals surface area contributed by atoms with Gasteiger partial charge in [-0.3, -0.25) is 9.69 Å². The summed E-state index contributed by atoms with van der Waals surface area (Å²) in [6.45, 7) is 3.20. The van der Waals surface area contributed by atoms with Crippen molar-refractivity contribution < 1.29 is 9.90 Å². The summed E-state index contributed by atoms with van der Waals surface area (Å²) in [5.41, 5.74) is -0.763. The third-order valence-electron chi connectivity index (χ3n) is 5.31. The van der Waals surface area contributed by atoms with Gasteiger partial charge in [0.2, 0.25) is 5.72 Å². The Morgan fingerprint density at radius 1 is 1.13 bits per heavy atom. The standard InChI is InChI=1S/C19H28N2O2/c22-18(15-16-7-4-5-8-16)19(23,17-9-2-1-3-10-17)21-13-6-11-20-12-14-21/h1-3,9-10,16,20,23H,4-8,11-15H2. The fraction of sp³-hybridized carbons (Fsp3) is 0.632. The van der Waals surface area contributed by atoms with Crippen molar-refractivity contribution in [2.24, 2.45) is 5.92 Å². The maximum absolute atomic E-state index is 13.1. The van der Waals surface area contributed by atoms with Crippen LogP contribution in [0.15, 0.2) is 30.3 Å². The van der Waals surface area contributed by atoms with Crippen LogP contribution in [0.1, 0.15) is 44.1 Å². The van der Waals surface area contributed by atoms with Gasteiger partial charge in [-0.15, -0.1) is 0 Å². The molecule has 126 valence electrons. The lowest BCUT2D eigenvalue weighted by Crippen LogP contribution is -2.53. The van der Waals surface area contributed by atoms with Crippen molar-refractivity contribution in [1.82, 2.24) is 10.2 Å². The number of Topliss-reactive ketones (excluding diaryl/α,β-unsaturated/α-hetero) is 1. The molecule has 1 saturated heterocycles. The second kappa shape index (κ2) is 7.56. The predicted molar refractivity (Wildman–Crippen MR) is 91.0 cm³/mol. The van der Waals surface area contributed by atoms with Crippen LogP contribution in [-0.2, 0) is 10.5 Å². The molecule has 0 bridgehead atoms. The van der Waals surface area contributed by atoms with E-state index >= 15 is 0 Å². The molecule has 0 aromatic heterocycles. The molecule has 1 aliphatic heterocycles. The number of benzene rings is 1. The number of carbonyl (C=O) groups excluding carboxylic acids is 1. The Hall–Kier alpha value is -1.23. The van der Waals surface area contributed by atoms with Crippen molar-refractivity contribution in [2.45, 2.75) is 44.2 Å². The fourth-order valence-electron chi connectivity index (χ4n) is 3.98. The van der Waals surface area contributed by atoms with Crippen molar-refractivity contribution in [2.75, 3.05) is 26.2 Å². The molecule has 1 atom stereocenters. The number of carbonyl (C=O) groups is 1. The quantitative estimate of drug-likeness (QED) is 0.875. The van der Waals surface area contributed by atoms with Crippen LogP contribution in [0.4, 0.5) is 0 Å². The Balaban J connectivity index is 1.86. The second-order valence-corrected chi connectivity index (χ2v) is 6.91. The van der Waals surface area contributed by atoms with E-state index in [1.54, 1.807) is 0 Å². The zero-order valence-electron chi connectivity index (χ0n) is 13.8. The second-order valence-electron chi connectivity index (χ2n) is 6.91. The van der Waals surface area contributed by atoms with E-state index in [1.807, 2.05) is 35.2 Å². The van der Waals surface area contributed by atoms with E-state index in [9.17, 15) is 9.90 Å². The van der Waals surface area contributed by atoms with Crippen LogP contribution < -0.4 is 5.32 Å². The Bertz CT molecular complexity index is 505. The smallest absolute Gasteiger partial charge is 0.205 e. The molecule has 2 aliphatic rings. The summed E-state index contributed by atoms with van der Waals surface area (Å²) in [5.74, 6) is 0.417. The molecule has 2 fully saturated rings. The van der Waals surface area contributed by atoms with Crippen LogP contribution in [0.5, 0.6) is 0 Å². The van der Waals surface area contributed by atoms with Gasteiger partial charge in [0.1, 0.15) is 0 Å². The number of rotatable bonds is 5. The molecule has 2 N–H and O–H groups in total. The van der Waals surface area contributed by atoms with Crippen molar-refractivity contribution in [3.63, 3.8) is 0 Å². The largest absolute Gasteiger partial charge is 0.365 e. The van der Waals surface area contributed by atoms with Crippen LogP contribution >= 0.6 is 0 Å². The highest BCUT2D eigenvalue weighted by Crippen LogP contribution is 2.34. The van der Waals surface area contributed by atoms with Gasteiger partial charge < -0.3 is 10.4 Å². The van der Waals surface area contributed by atoms with Gasteiger partial charge in [0.05, 0.1) is 0 Å². The van der Waals surface area contributed by atoms with E-state index < -0.39 is 5.72 Å². The van der Waals surface area contributed by atoms with Crippen molar-refractivity contribution in [3.8, 4) is 0 Å². The van der Waals surface area contributed by atoms with Crippen LogP contribution in [0.3, 0.4) is 0 Å². The minimum atomic E-state index is -1.48. The molecule has 3 rings (SSSR count). The number of aliphatic hydroxyl groups is 1. The summed E-state index contributed by atoms with van der Waals surface area (Å²) in [6, 6.07) is 9.49. The molecule has 4 heteroatoms. The van der Waals surface area contributed by atoms with E-state index in [4.69, 9.17) is 0 Å². The van der Waals surface area contributed by atoms with Gasteiger partial charge in [-0.2, -0.15) is 0 Å². The first-order chi connectivity index (χ1) is 11.2. The van der Waals surface area contributed by atoms with Crippen molar-refractivity contribution in [1.29, 1.82) is 0 Å².